The third-order valence-electron chi connectivity index (χ3n) is 2.55. The Hall–Kier alpha value is -2.30. The Morgan fingerprint density at radius 3 is 2.88 bits per heavy atom. The second kappa shape index (κ2) is 3.62. The lowest BCUT2D eigenvalue weighted by Crippen LogP contribution is -1.81. The van der Waals surface area contributed by atoms with Gasteiger partial charge in [0.05, 0.1) is 23.8 Å². The maximum atomic E-state index is 5.16. The predicted molar refractivity (Wildman–Crippen MR) is 62.9 cm³/mol. The molecule has 0 radical (unpaired) electrons. The molecule has 0 amide bonds. The second-order valence-corrected chi connectivity index (χ2v) is 3.80. The van der Waals surface area contributed by atoms with Crippen molar-refractivity contribution >= 4 is 11.0 Å². The van der Waals surface area contributed by atoms with Crippen molar-refractivity contribution in [2.24, 2.45) is 0 Å². The van der Waals surface area contributed by atoms with Gasteiger partial charge in [0.15, 0.2) is 5.82 Å². The number of aromatic amines is 1. The smallest absolute Gasteiger partial charge is 0.202 e. The van der Waals surface area contributed by atoms with E-state index in [1.165, 1.54) is 0 Å². The highest BCUT2D eigenvalue weighted by Crippen LogP contribution is 2.23. The minimum Gasteiger partial charge on any atom is -0.497 e. The number of benzene rings is 1. The van der Waals surface area contributed by atoms with Gasteiger partial charge in [0.1, 0.15) is 5.75 Å². The first-order valence-electron chi connectivity index (χ1n) is 5.24. The molecule has 0 atom stereocenters. The molecule has 0 bridgehead atoms. The Morgan fingerprint density at radius 2 is 2.18 bits per heavy atom. The van der Waals surface area contributed by atoms with Crippen LogP contribution < -0.4 is 4.74 Å². The molecule has 5 heteroatoms. The van der Waals surface area contributed by atoms with Crippen molar-refractivity contribution < 1.29 is 9.26 Å². The summed E-state index contributed by atoms with van der Waals surface area (Å²) in [4.78, 5) is 7.60. The van der Waals surface area contributed by atoms with Crippen molar-refractivity contribution in [3.63, 3.8) is 0 Å². The molecule has 0 fully saturated rings. The minimum atomic E-state index is 0.637. The zero-order valence-electron chi connectivity index (χ0n) is 9.52. The number of ether oxygens (including phenoxy) is 1. The molecule has 1 aromatic carbocycles. The quantitative estimate of drug-likeness (QED) is 0.733. The Morgan fingerprint density at radius 1 is 1.29 bits per heavy atom. The Balaban J connectivity index is 2.13. The van der Waals surface area contributed by atoms with E-state index in [4.69, 9.17) is 9.26 Å². The van der Waals surface area contributed by atoms with Crippen molar-refractivity contribution in [3.8, 4) is 17.3 Å². The number of nitrogens with one attached hydrogen (secondary N) is 1. The van der Waals surface area contributed by atoms with Gasteiger partial charge in [0, 0.05) is 12.1 Å². The lowest BCUT2D eigenvalue weighted by atomic mass is 10.3. The maximum absolute atomic E-state index is 5.16. The number of aryl methyl sites for hydroxylation is 1. The van der Waals surface area contributed by atoms with E-state index in [1.54, 1.807) is 7.11 Å². The van der Waals surface area contributed by atoms with E-state index in [-0.39, 0.29) is 0 Å². The van der Waals surface area contributed by atoms with E-state index in [2.05, 4.69) is 15.1 Å². The number of hydrogen-bond acceptors (Lipinski definition) is 4. The first-order chi connectivity index (χ1) is 8.26. The second-order valence-electron chi connectivity index (χ2n) is 3.80. The van der Waals surface area contributed by atoms with Crippen LogP contribution in [0.4, 0.5) is 0 Å². The third-order valence-corrected chi connectivity index (χ3v) is 2.55. The van der Waals surface area contributed by atoms with Crippen LogP contribution in [0.5, 0.6) is 5.75 Å². The predicted octanol–water partition coefficient (Wildman–Crippen LogP) is 2.53. The van der Waals surface area contributed by atoms with Crippen LogP contribution in [0, 0.1) is 6.92 Å². The van der Waals surface area contributed by atoms with E-state index in [1.807, 2.05) is 31.2 Å². The van der Waals surface area contributed by atoms with Crippen LogP contribution in [-0.2, 0) is 0 Å². The highest BCUT2D eigenvalue weighted by molar-refractivity contribution is 5.79. The summed E-state index contributed by atoms with van der Waals surface area (Å²) in [7, 11) is 1.64. The fourth-order valence-electron chi connectivity index (χ4n) is 1.71. The fourth-order valence-corrected chi connectivity index (χ4v) is 1.71. The Kier molecular flexibility index (Phi) is 2.11. The number of fused-ring (bicyclic) bond motifs is 1. The van der Waals surface area contributed by atoms with E-state index in [0.717, 1.165) is 22.5 Å². The van der Waals surface area contributed by atoms with Crippen molar-refractivity contribution in [2.45, 2.75) is 6.92 Å². The molecule has 17 heavy (non-hydrogen) atoms. The number of nitrogens with zero attached hydrogens (tertiary/aromatic N) is 2. The van der Waals surface area contributed by atoms with Gasteiger partial charge in [-0.05, 0) is 19.1 Å². The van der Waals surface area contributed by atoms with Crippen LogP contribution in [0.3, 0.4) is 0 Å². The van der Waals surface area contributed by atoms with E-state index in [0.29, 0.717) is 11.6 Å². The maximum Gasteiger partial charge on any atom is 0.202 e. The SMILES string of the molecule is COc1ccc2nc(-c3cc(C)no3)[nH]c2c1. The summed E-state index contributed by atoms with van der Waals surface area (Å²) in [5, 5.41) is 3.84. The molecule has 0 spiro atoms. The van der Waals surface area contributed by atoms with Gasteiger partial charge in [-0.3, -0.25) is 0 Å². The van der Waals surface area contributed by atoms with Crippen LogP contribution in [0.25, 0.3) is 22.6 Å². The molecule has 5 nitrogen and oxygen atoms in total. The normalized spacial score (nSPS) is 10.9. The number of aromatic nitrogens is 3. The Bertz CT molecular complexity index is 669. The molecule has 2 aromatic heterocycles. The van der Waals surface area contributed by atoms with Crippen molar-refractivity contribution in [1.82, 2.24) is 15.1 Å². The number of hydrogen-bond donors (Lipinski definition) is 1. The average Bonchev–Trinajstić information content (AvgIpc) is 2.93. The molecule has 3 rings (SSSR count). The highest BCUT2D eigenvalue weighted by atomic mass is 16.5. The van der Waals surface area contributed by atoms with Crippen LogP contribution in [-0.4, -0.2) is 22.2 Å². The first-order valence-corrected chi connectivity index (χ1v) is 5.24. The molecule has 0 unspecified atom stereocenters. The standard InChI is InChI=1S/C12H11N3O2/c1-7-5-11(17-15-7)12-13-9-4-3-8(16-2)6-10(9)14-12/h3-6H,1-2H3,(H,13,14). The molecule has 86 valence electrons. The summed E-state index contributed by atoms with van der Waals surface area (Å²) >= 11 is 0. The van der Waals surface area contributed by atoms with Gasteiger partial charge in [-0.1, -0.05) is 5.16 Å². The summed E-state index contributed by atoms with van der Waals surface area (Å²) in [5.74, 6) is 2.10. The fraction of sp³-hybridized carbons (Fsp3) is 0.167. The third kappa shape index (κ3) is 1.65. The van der Waals surface area contributed by atoms with Gasteiger partial charge in [-0.2, -0.15) is 0 Å². The molecule has 0 saturated heterocycles. The monoisotopic (exact) mass is 229 g/mol. The van der Waals surface area contributed by atoms with Crippen molar-refractivity contribution in [3.05, 3.63) is 30.0 Å². The van der Waals surface area contributed by atoms with Crippen LogP contribution >= 0.6 is 0 Å². The van der Waals surface area contributed by atoms with Crippen LogP contribution in [0.1, 0.15) is 5.69 Å². The first kappa shape index (κ1) is 9.89. The number of methoxy groups -OCH3 is 1. The number of H-pyrrole nitrogens is 1. The molecule has 0 aliphatic rings. The molecule has 0 aliphatic heterocycles. The summed E-state index contributed by atoms with van der Waals surface area (Å²) in [5.41, 5.74) is 2.61. The van der Waals surface area contributed by atoms with E-state index < -0.39 is 0 Å². The lowest BCUT2D eigenvalue weighted by molar-refractivity contribution is 0.415. The topological polar surface area (TPSA) is 63.9 Å². The van der Waals surface area contributed by atoms with Gasteiger partial charge in [-0.15, -0.1) is 0 Å². The molecule has 2 heterocycles. The van der Waals surface area contributed by atoms with E-state index in [9.17, 15) is 0 Å². The molecular formula is C12H11N3O2. The molecule has 3 aromatic rings. The van der Waals surface area contributed by atoms with Gasteiger partial charge in [-0.25, -0.2) is 4.98 Å². The van der Waals surface area contributed by atoms with Crippen molar-refractivity contribution in [2.75, 3.05) is 7.11 Å². The largest absolute Gasteiger partial charge is 0.497 e. The molecule has 1 N–H and O–H groups in total. The van der Waals surface area contributed by atoms with Gasteiger partial charge >= 0.3 is 0 Å². The lowest BCUT2D eigenvalue weighted by Gasteiger charge is -1.96. The van der Waals surface area contributed by atoms with Gasteiger partial charge in [0.25, 0.3) is 0 Å². The molecule has 0 aliphatic carbocycles. The van der Waals surface area contributed by atoms with Gasteiger partial charge < -0.3 is 14.2 Å². The molecular weight excluding hydrogens is 218 g/mol. The minimum absolute atomic E-state index is 0.637. The highest BCUT2D eigenvalue weighted by Gasteiger charge is 2.10. The zero-order chi connectivity index (χ0) is 11.8. The van der Waals surface area contributed by atoms with E-state index >= 15 is 0 Å². The average molecular weight is 229 g/mol. The summed E-state index contributed by atoms with van der Waals surface area (Å²) in [6, 6.07) is 7.51. The molecule has 0 saturated carbocycles. The zero-order valence-corrected chi connectivity index (χ0v) is 9.52. The number of imidazole rings is 1. The van der Waals surface area contributed by atoms with Crippen LogP contribution in [0.2, 0.25) is 0 Å². The summed E-state index contributed by atoms with van der Waals surface area (Å²) < 4.78 is 10.3. The summed E-state index contributed by atoms with van der Waals surface area (Å²) in [6.45, 7) is 1.87. The summed E-state index contributed by atoms with van der Waals surface area (Å²) in [6.07, 6.45) is 0. The van der Waals surface area contributed by atoms with Crippen molar-refractivity contribution in [1.29, 1.82) is 0 Å². The van der Waals surface area contributed by atoms with Gasteiger partial charge in [0.2, 0.25) is 5.76 Å². The number of rotatable bonds is 2. The Labute approximate surface area is 97.4 Å². The van der Waals surface area contributed by atoms with Crippen LogP contribution in [0.15, 0.2) is 28.8 Å².